The first-order valence-electron chi connectivity index (χ1n) is 4.63. The number of ether oxygens (including phenoxy) is 1. The molecule has 3 heteroatoms. The molecule has 15 heavy (non-hydrogen) atoms. The molecule has 1 aromatic carbocycles. The van der Waals surface area contributed by atoms with Gasteiger partial charge in [0.05, 0.1) is 6.61 Å². The number of hydrogen-bond donors (Lipinski definition) is 0. The van der Waals surface area contributed by atoms with E-state index >= 15 is 0 Å². The summed E-state index contributed by atoms with van der Waals surface area (Å²) in [5.41, 5.74) is 0. The van der Waals surface area contributed by atoms with Crippen LogP contribution in [0.25, 0.3) is 0 Å². The molecule has 0 bridgehead atoms. The second-order valence-electron chi connectivity index (χ2n) is 2.87. The van der Waals surface area contributed by atoms with Gasteiger partial charge in [-0.05, 0) is 19.3 Å². The minimum absolute atomic E-state index is 0. The van der Waals surface area contributed by atoms with E-state index < -0.39 is 0 Å². The molecule has 0 fully saturated rings. The Morgan fingerprint density at radius 3 is 2.53 bits per heavy atom. The molecule has 0 aliphatic carbocycles. The number of halogens is 1. The summed E-state index contributed by atoms with van der Waals surface area (Å²) < 4.78 is 5.50. The fourth-order valence-corrected chi connectivity index (χ4v) is 1.05. The van der Waals surface area contributed by atoms with E-state index in [1.807, 2.05) is 30.3 Å². The molecule has 0 aromatic heterocycles. The van der Waals surface area contributed by atoms with E-state index in [9.17, 15) is 0 Å². The van der Waals surface area contributed by atoms with Crippen molar-refractivity contribution < 1.29 is 21.7 Å². The van der Waals surface area contributed by atoms with E-state index in [2.05, 4.69) is 12.6 Å². The van der Waals surface area contributed by atoms with Gasteiger partial charge in [-0.3, -0.25) is 0 Å². The maximum Gasteiger partial charge on any atom is 2.00 e. The monoisotopic (exact) mass is 278 g/mol. The zero-order chi connectivity index (χ0) is 9.36. The Kier molecular flexibility index (Phi) is 14.0. The van der Waals surface area contributed by atoms with Crippen molar-refractivity contribution in [1.82, 2.24) is 0 Å². The SMILES string of the molecule is C=CCCCCOc1cc[c-]cc1.[Br-].[Mg+2]. The van der Waals surface area contributed by atoms with Crippen LogP contribution in [0, 0.1) is 6.07 Å². The number of rotatable bonds is 6. The average Bonchev–Trinajstić information content (AvgIpc) is 2.19. The first kappa shape index (κ1) is 17.4. The van der Waals surface area contributed by atoms with Crippen molar-refractivity contribution in [2.45, 2.75) is 19.3 Å². The van der Waals surface area contributed by atoms with E-state index in [1.165, 1.54) is 0 Å². The third kappa shape index (κ3) is 8.97. The summed E-state index contributed by atoms with van der Waals surface area (Å²) in [6.07, 6.45) is 5.26. The normalized spacial score (nSPS) is 8.27. The smallest absolute Gasteiger partial charge is 1.00 e. The molecule has 0 amide bonds. The fourth-order valence-electron chi connectivity index (χ4n) is 1.05. The molecule has 78 valence electrons. The summed E-state index contributed by atoms with van der Waals surface area (Å²) >= 11 is 0. The van der Waals surface area contributed by atoms with Crippen molar-refractivity contribution in [3.8, 4) is 5.75 Å². The topological polar surface area (TPSA) is 9.23 Å². The first-order chi connectivity index (χ1) is 6.43. The van der Waals surface area contributed by atoms with Crippen molar-refractivity contribution in [3.05, 3.63) is 43.0 Å². The van der Waals surface area contributed by atoms with Gasteiger partial charge in [0.2, 0.25) is 0 Å². The first-order valence-corrected chi connectivity index (χ1v) is 4.63. The molecule has 0 N–H and O–H groups in total. The molecule has 1 aromatic rings. The molecule has 1 rings (SSSR count). The molecule has 0 radical (unpaired) electrons. The Hall–Kier alpha value is 0.00623. The van der Waals surface area contributed by atoms with Gasteiger partial charge in [-0.1, -0.05) is 6.08 Å². The van der Waals surface area contributed by atoms with Gasteiger partial charge in [-0.15, -0.1) is 18.7 Å². The number of allylic oxidation sites excluding steroid dienone is 1. The predicted octanol–water partition coefficient (Wildman–Crippen LogP) is -0.155. The van der Waals surface area contributed by atoms with Gasteiger partial charge in [-0.25, -0.2) is 0 Å². The zero-order valence-electron chi connectivity index (χ0n) is 8.92. The maximum absolute atomic E-state index is 5.50. The van der Waals surface area contributed by atoms with E-state index in [0.717, 1.165) is 31.6 Å². The van der Waals surface area contributed by atoms with Crippen LogP contribution in [0.15, 0.2) is 36.9 Å². The van der Waals surface area contributed by atoms with Gasteiger partial charge in [0.1, 0.15) is 0 Å². The van der Waals surface area contributed by atoms with Gasteiger partial charge in [0, 0.05) is 5.75 Å². The molecule has 0 aliphatic rings. The molecule has 0 aliphatic heterocycles. The molecule has 0 unspecified atom stereocenters. The van der Waals surface area contributed by atoms with Gasteiger partial charge < -0.3 is 21.7 Å². The third-order valence-electron chi connectivity index (χ3n) is 1.76. The van der Waals surface area contributed by atoms with Gasteiger partial charge in [0.25, 0.3) is 0 Å². The van der Waals surface area contributed by atoms with Crippen molar-refractivity contribution in [1.29, 1.82) is 0 Å². The zero-order valence-corrected chi connectivity index (χ0v) is 11.9. The van der Waals surface area contributed by atoms with Crippen LogP contribution in [-0.4, -0.2) is 29.7 Å². The Labute approximate surface area is 119 Å². The quantitative estimate of drug-likeness (QED) is 0.304. The Bertz CT molecular complexity index is 239. The van der Waals surface area contributed by atoms with Crippen LogP contribution in [0.2, 0.25) is 0 Å². The van der Waals surface area contributed by atoms with Gasteiger partial charge >= 0.3 is 23.1 Å². The van der Waals surface area contributed by atoms with Crippen LogP contribution in [-0.2, 0) is 0 Å². The Morgan fingerprint density at radius 2 is 1.93 bits per heavy atom. The van der Waals surface area contributed by atoms with Gasteiger partial charge in [-0.2, -0.15) is 18.2 Å². The minimum Gasteiger partial charge on any atom is -1.00 e. The van der Waals surface area contributed by atoms with Crippen LogP contribution in [0.5, 0.6) is 5.75 Å². The molecule has 0 heterocycles. The summed E-state index contributed by atoms with van der Waals surface area (Å²) in [6.45, 7) is 4.46. The van der Waals surface area contributed by atoms with Crippen LogP contribution in [0.1, 0.15) is 19.3 Å². The van der Waals surface area contributed by atoms with Crippen LogP contribution in [0.4, 0.5) is 0 Å². The molecule has 0 atom stereocenters. The number of benzene rings is 1. The fraction of sp³-hybridized carbons (Fsp3) is 0.333. The van der Waals surface area contributed by atoms with Crippen molar-refractivity contribution in [2.24, 2.45) is 0 Å². The average molecular weight is 279 g/mol. The number of hydrogen-bond acceptors (Lipinski definition) is 1. The van der Waals surface area contributed by atoms with Crippen molar-refractivity contribution in [3.63, 3.8) is 0 Å². The van der Waals surface area contributed by atoms with Crippen molar-refractivity contribution >= 4 is 23.1 Å². The van der Waals surface area contributed by atoms with E-state index in [-0.39, 0.29) is 40.0 Å². The molecule has 0 spiro atoms. The maximum atomic E-state index is 5.50. The van der Waals surface area contributed by atoms with Gasteiger partial charge in [0.15, 0.2) is 0 Å². The van der Waals surface area contributed by atoms with E-state index in [0.29, 0.717) is 0 Å². The minimum atomic E-state index is 0. The number of unbranched alkanes of at least 4 members (excludes halogenated alkanes) is 2. The second kappa shape index (κ2) is 12.1. The summed E-state index contributed by atoms with van der Waals surface area (Å²) in [4.78, 5) is 0. The molecular formula is C12H15BrMgO. The van der Waals surface area contributed by atoms with Crippen LogP contribution >= 0.6 is 0 Å². The largest absolute Gasteiger partial charge is 2.00 e. The Balaban J connectivity index is 0. The summed E-state index contributed by atoms with van der Waals surface area (Å²) in [5, 5.41) is 0. The van der Waals surface area contributed by atoms with E-state index in [4.69, 9.17) is 4.74 Å². The molecule has 1 nitrogen and oxygen atoms in total. The van der Waals surface area contributed by atoms with E-state index in [1.54, 1.807) is 0 Å². The van der Waals surface area contributed by atoms with Crippen LogP contribution < -0.4 is 21.7 Å². The van der Waals surface area contributed by atoms with Crippen molar-refractivity contribution in [2.75, 3.05) is 6.61 Å². The third-order valence-corrected chi connectivity index (χ3v) is 1.76. The summed E-state index contributed by atoms with van der Waals surface area (Å²) in [5.74, 6) is 0.928. The predicted molar refractivity (Wildman–Crippen MR) is 60.6 cm³/mol. The van der Waals surface area contributed by atoms with Crippen LogP contribution in [0.3, 0.4) is 0 Å². The molecule has 0 saturated heterocycles. The summed E-state index contributed by atoms with van der Waals surface area (Å²) in [7, 11) is 0. The molecular weight excluding hydrogens is 264 g/mol. The molecule has 0 saturated carbocycles. The summed E-state index contributed by atoms with van der Waals surface area (Å²) in [6, 6.07) is 10.5. The second-order valence-corrected chi connectivity index (χ2v) is 2.87. The standard InChI is InChI=1S/C12H15O.BrH.Mg/c1-2-3-4-8-11-13-12-9-6-5-7-10-12;;/h2,6-7,9-10H,1,3-4,8,11H2;1H;/q-1;;+2/p-1. The Morgan fingerprint density at radius 1 is 1.27 bits per heavy atom.